The fraction of sp³-hybridized carbons (Fsp3) is 0.500. The van der Waals surface area contributed by atoms with E-state index in [9.17, 15) is 0 Å². The number of ether oxygens (including phenoxy) is 24. The van der Waals surface area contributed by atoms with E-state index in [4.69, 9.17) is 114 Å². The molecule has 12 aliphatic heterocycles. The zero-order valence-electron chi connectivity index (χ0n) is 54.8. The molecule has 6 aromatic rings. The molecule has 0 aliphatic carbocycles. The Morgan fingerprint density at radius 1 is 0.125 bits per heavy atom. The van der Waals surface area contributed by atoms with Gasteiger partial charge in [-0.05, 0) is 119 Å². The first-order valence-corrected chi connectivity index (χ1v) is 32.8. The van der Waals surface area contributed by atoms with E-state index in [-0.39, 0.29) is 26.4 Å². The van der Waals surface area contributed by atoms with E-state index in [0.717, 1.165) is 22.3 Å². The number of benzene rings is 6. The Balaban J connectivity index is 0.873. The first kappa shape index (κ1) is 72.7. The fourth-order valence-corrected chi connectivity index (χ4v) is 9.37. The lowest BCUT2D eigenvalue weighted by Crippen LogP contribution is -2.15. The van der Waals surface area contributed by atoms with Crippen molar-refractivity contribution in [3.63, 3.8) is 0 Å². The summed E-state index contributed by atoms with van der Waals surface area (Å²) in [4.78, 5) is 0. The molecule has 0 amide bonds. The maximum atomic E-state index is 6.27. The van der Waals surface area contributed by atoms with Gasteiger partial charge in [0.2, 0.25) is 0 Å². The Kier molecular flexibility index (Phi) is 34.1. The third-order valence-corrected chi connectivity index (χ3v) is 14.0. The largest absolute Gasteiger partial charge is 0.491 e. The van der Waals surface area contributed by atoms with Crippen LogP contribution in [0.1, 0.15) is 22.3 Å². The summed E-state index contributed by atoms with van der Waals surface area (Å²) < 4.78 is 144. The van der Waals surface area contributed by atoms with Crippen molar-refractivity contribution in [3.8, 4) is 69.0 Å². The Morgan fingerprint density at radius 2 is 0.250 bits per heavy atom. The van der Waals surface area contributed by atoms with Crippen molar-refractivity contribution in [2.45, 2.75) is 26.4 Å². The predicted molar refractivity (Wildman–Crippen MR) is 350 cm³/mol. The minimum Gasteiger partial charge on any atom is -0.491 e. The standard InChI is InChI=1S/C72H92O24/c1-2-62-4-3-61(1)93-53-57-41-65-49-66(42-57)86-34-26-78-18-10-74-14-22-82-30-38-90-70-46-59(45-69(51-70)89-37-29-81-21-13-73-9-17-77-25-33-85-65)55-95-63-5-7-64(8-6-63)96-56-60-47-71-52-72(48-60)92-40-32-84-24-16-76-12-20-80-28-36-88-68-44-58(54-94-62)43-67(50-68)87-35-27-79-19-11-75-15-23-83-31-39-91-71/h1-8,41-52H,9-40,53-56H2. The van der Waals surface area contributed by atoms with E-state index in [0.29, 0.717) is 280 Å². The first-order chi connectivity index (χ1) is 47.6. The molecular formula is C72H92O24. The molecule has 0 N–H and O–H groups in total. The minimum atomic E-state index is 0.239. The third-order valence-electron chi connectivity index (χ3n) is 14.0. The average Bonchev–Trinajstić information content (AvgIpc) is 1.13. The molecule has 0 saturated heterocycles. The normalized spacial score (nSPS) is 18.7. The highest BCUT2D eigenvalue weighted by Crippen LogP contribution is 2.30. The molecule has 12 heterocycles. The summed E-state index contributed by atoms with van der Waals surface area (Å²) in [5, 5.41) is 0. The molecule has 24 heteroatoms. The van der Waals surface area contributed by atoms with E-state index in [2.05, 4.69) is 0 Å². The van der Waals surface area contributed by atoms with Crippen LogP contribution in [0.2, 0.25) is 0 Å². The van der Waals surface area contributed by atoms with Crippen LogP contribution in [0.4, 0.5) is 0 Å². The highest BCUT2D eigenvalue weighted by Gasteiger charge is 2.13. The van der Waals surface area contributed by atoms with Crippen molar-refractivity contribution in [2.75, 3.05) is 211 Å². The maximum Gasteiger partial charge on any atom is 0.123 e. The highest BCUT2D eigenvalue weighted by molar-refractivity contribution is 5.42. The molecule has 0 unspecified atom stereocenters. The molecule has 24 nitrogen and oxygen atoms in total. The summed E-state index contributed by atoms with van der Waals surface area (Å²) in [6, 6.07) is 37.6. The molecule has 0 aromatic heterocycles. The van der Waals surface area contributed by atoms with Gasteiger partial charge in [-0.15, -0.1) is 0 Å². The molecule has 12 aliphatic rings. The summed E-state index contributed by atoms with van der Waals surface area (Å²) in [5.41, 5.74) is 3.35. The lowest BCUT2D eigenvalue weighted by atomic mass is 10.2. The van der Waals surface area contributed by atoms with Gasteiger partial charge in [-0.2, -0.15) is 0 Å². The third kappa shape index (κ3) is 30.2. The topological polar surface area (TPSA) is 222 Å². The van der Waals surface area contributed by atoms with Gasteiger partial charge in [0.1, 0.15) is 148 Å². The van der Waals surface area contributed by atoms with Gasteiger partial charge in [0.25, 0.3) is 0 Å². The lowest BCUT2D eigenvalue weighted by Gasteiger charge is -2.15. The number of hydrogen-bond donors (Lipinski definition) is 0. The van der Waals surface area contributed by atoms with Gasteiger partial charge in [-0.1, -0.05) is 0 Å². The second kappa shape index (κ2) is 45.0. The molecule has 524 valence electrons. The molecular weight excluding hydrogens is 1250 g/mol. The van der Waals surface area contributed by atoms with Gasteiger partial charge in [0, 0.05) is 24.3 Å². The molecule has 6 aromatic carbocycles. The molecule has 0 atom stereocenters. The Bertz CT molecular complexity index is 2510. The summed E-state index contributed by atoms with van der Waals surface area (Å²) in [6.07, 6.45) is 0. The van der Waals surface area contributed by atoms with E-state index in [1.54, 1.807) is 0 Å². The van der Waals surface area contributed by atoms with Crippen LogP contribution >= 0.6 is 0 Å². The van der Waals surface area contributed by atoms with Crippen LogP contribution in [0, 0.1) is 0 Å². The van der Waals surface area contributed by atoms with Gasteiger partial charge >= 0.3 is 0 Å². The Morgan fingerprint density at radius 3 is 0.385 bits per heavy atom. The van der Waals surface area contributed by atoms with Crippen molar-refractivity contribution < 1.29 is 114 Å². The summed E-state index contributed by atoms with van der Waals surface area (Å²) in [6.45, 7) is 12.4. The first-order valence-electron chi connectivity index (χ1n) is 32.8. The van der Waals surface area contributed by atoms with Gasteiger partial charge in [-0.25, -0.2) is 0 Å². The SMILES string of the molecule is c1c2cc3cc1OCCOCCOCCOCCOc1cc(cc(c1)OCCOCCOCCOCCO3)COc1ccc(cc1)OCc1cc3cc(c1)OCCOCCOCCOCCOc1cc(cc(c1)OCCOCCOCCOCCO3)COc1ccc(cc1)OC2. The van der Waals surface area contributed by atoms with Crippen LogP contribution in [0.15, 0.2) is 121 Å². The monoisotopic (exact) mass is 1340 g/mol. The van der Waals surface area contributed by atoms with Gasteiger partial charge in [-0.3, -0.25) is 0 Å². The van der Waals surface area contributed by atoms with Crippen LogP contribution in [0.5, 0.6) is 69.0 Å². The van der Waals surface area contributed by atoms with E-state index < -0.39 is 0 Å². The summed E-state index contributed by atoms with van der Waals surface area (Å²) in [5.74, 6) is 7.40. The maximum absolute atomic E-state index is 6.27. The Hall–Kier alpha value is -7.56. The second-order valence-corrected chi connectivity index (χ2v) is 21.5. The van der Waals surface area contributed by atoms with Crippen molar-refractivity contribution in [1.29, 1.82) is 0 Å². The van der Waals surface area contributed by atoms with Crippen LogP contribution in [0.25, 0.3) is 0 Å². The Labute approximate surface area is 562 Å². The number of hydrogen-bond acceptors (Lipinski definition) is 24. The molecule has 96 heavy (non-hydrogen) atoms. The van der Waals surface area contributed by atoms with Crippen LogP contribution in [-0.4, -0.2) is 211 Å². The van der Waals surface area contributed by atoms with E-state index >= 15 is 0 Å². The molecule has 0 fully saturated rings. The highest BCUT2D eigenvalue weighted by atomic mass is 16.6. The molecule has 18 rings (SSSR count). The molecule has 0 saturated carbocycles. The van der Waals surface area contributed by atoms with Crippen LogP contribution < -0.4 is 56.8 Å². The van der Waals surface area contributed by atoms with E-state index in [1.165, 1.54) is 0 Å². The van der Waals surface area contributed by atoms with Gasteiger partial charge in [0.15, 0.2) is 0 Å². The van der Waals surface area contributed by atoms with Crippen molar-refractivity contribution in [2.24, 2.45) is 0 Å². The van der Waals surface area contributed by atoms with Crippen molar-refractivity contribution in [1.82, 2.24) is 0 Å². The smallest absolute Gasteiger partial charge is 0.123 e. The van der Waals surface area contributed by atoms with Crippen molar-refractivity contribution in [3.05, 3.63) is 144 Å². The van der Waals surface area contributed by atoms with E-state index in [1.807, 2.05) is 121 Å². The zero-order chi connectivity index (χ0) is 65.8. The number of rotatable bonds is 0. The quantitative estimate of drug-likeness (QED) is 0.138. The van der Waals surface area contributed by atoms with Crippen molar-refractivity contribution >= 4 is 0 Å². The molecule has 0 radical (unpaired) electrons. The summed E-state index contributed by atoms with van der Waals surface area (Å²) >= 11 is 0. The van der Waals surface area contributed by atoms with Crippen LogP contribution in [0.3, 0.4) is 0 Å². The zero-order valence-corrected chi connectivity index (χ0v) is 54.8. The second-order valence-electron chi connectivity index (χ2n) is 21.5. The minimum absolute atomic E-state index is 0.239. The van der Waals surface area contributed by atoms with Gasteiger partial charge in [0.05, 0.1) is 159 Å². The van der Waals surface area contributed by atoms with Gasteiger partial charge < -0.3 is 114 Å². The molecule has 0 spiro atoms. The summed E-state index contributed by atoms with van der Waals surface area (Å²) in [7, 11) is 0. The lowest BCUT2D eigenvalue weighted by molar-refractivity contribution is 0.00432. The average molecular weight is 1340 g/mol. The molecule has 16 bridgehead atoms. The van der Waals surface area contributed by atoms with Crippen LogP contribution in [-0.2, 0) is 83.3 Å². The predicted octanol–water partition coefficient (Wildman–Crippen LogP) is 8.97. The fourth-order valence-electron chi connectivity index (χ4n) is 9.37.